The number of nitrogens with one attached hydrogen (secondary N) is 1. The van der Waals surface area contributed by atoms with Gasteiger partial charge in [0.15, 0.2) is 0 Å². The fourth-order valence-electron chi connectivity index (χ4n) is 5.10. The molecule has 2 heterocycles. The second kappa shape index (κ2) is 7.98. The third-order valence-corrected chi connectivity index (χ3v) is 7.05. The van der Waals surface area contributed by atoms with Gasteiger partial charge < -0.3 is 15.0 Å². The van der Waals surface area contributed by atoms with E-state index in [-0.39, 0.29) is 18.2 Å². The van der Waals surface area contributed by atoms with Gasteiger partial charge in [0.05, 0.1) is 23.9 Å². The third kappa shape index (κ3) is 4.00. The largest absolute Gasteiger partial charge is 0.381 e. The first-order chi connectivity index (χ1) is 14.2. The molecule has 3 aliphatic rings. The van der Waals surface area contributed by atoms with Gasteiger partial charge in [-0.25, -0.2) is 4.79 Å². The molecule has 5 rings (SSSR count). The van der Waals surface area contributed by atoms with Crippen molar-refractivity contribution in [3.05, 3.63) is 30.0 Å². The summed E-state index contributed by atoms with van der Waals surface area (Å²) in [7, 11) is 1.77. The van der Waals surface area contributed by atoms with E-state index < -0.39 is 0 Å². The molecular formula is C23H32N4O2. The van der Waals surface area contributed by atoms with Crippen LogP contribution in [-0.2, 0) is 4.74 Å². The average Bonchev–Trinajstić information content (AvgIpc) is 3.53. The summed E-state index contributed by atoms with van der Waals surface area (Å²) >= 11 is 0. The SMILES string of the molecule is CO[C@H]1CCC[C@H](NC(=O)N2CCC(n3ncc4cc(C5CC5)ccc43)CC2)C1. The minimum Gasteiger partial charge on any atom is -0.381 e. The molecule has 0 unspecified atom stereocenters. The number of carbonyl (C=O) groups excluding carboxylic acids is 1. The lowest BCUT2D eigenvalue weighted by molar-refractivity contribution is 0.0589. The third-order valence-electron chi connectivity index (χ3n) is 7.05. The highest BCUT2D eigenvalue weighted by molar-refractivity contribution is 5.80. The second-order valence-electron chi connectivity index (χ2n) is 9.07. The number of urea groups is 1. The van der Waals surface area contributed by atoms with Crippen molar-refractivity contribution in [2.45, 2.75) is 75.5 Å². The van der Waals surface area contributed by atoms with Gasteiger partial charge in [-0.2, -0.15) is 5.10 Å². The summed E-state index contributed by atoms with van der Waals surface area (Å²) in [5.41, 5.74) is 2.69. The molecule has 1 aromatic carbocycles. The topological polar surface area (TPSA) is 59.4 Å². The van der Waals surface area contributed by atoms with Crippen LogP contribution in [0.2, 0.25) is 0 Å². The van der Waals surface area contributed by atoms with Gasteiger partial charge in [-0.15, -0.1) is 0 Å². The van der Waals surface area contributed by atoms with Crippen molar-refractivity contribution in [2.24, 2.45) is 0 Å². The lowest BCUT2D eigenvalue weighted by atomic mass is 9.93. The smallest absolute Gasteiger partial charge is 0.317 e. The van der Waals surface area contributed by atoms with E-state index in [9.17, 15) is 4.79 Å². The molecule has 3 fully saturated rings. The molecule has 0 spiro atoms. The minimum absolute atomic E-state index is 0.0876. The van der Waals surface area contributed by atoms with Crippen molar-refractivity contribution < 1.29 is 9.53 Å². The summed E-state index contributed by atoms with van der Waals surface area (Å²) in [6, 6.07) is 7.54. The molecule has 6 nitrogen and oxygen atoms in total. The van der Waals surface area contributed by atoms with Gasteiger partial charge in [0, 0.05) is 31.6 Å². The highest BCUT2D eigenvalue weighted by atomic mass is 16.5. The fourth-order valence-corrected chi connectivity index (χ4v) is 5.10. The monoisotopic (exact) mass is 396 g/mol. The van der Waals surface area contributed by atoms with E-state index in [1.165, 1.54) is 29.3 Å². The quantitative estimate of drug-likeness (QED) is 0.842. The van der Waals surface area contributed by atoms with E-state index >= 15 is 0 Å². The molecular weight excluding hydrogens is 364 g/mol. The van der Waals surface area contributed by atoms with E-state index in [1.54, 1.807) is 7.11 Å². The van der Waals surface area contributed by atoms with Crippen molar-refractivity contribution in [3.8, 4) is 0 Å². The van der Waals surface area contributed by atoms with Crippen LogP contribution in [-0.4, -0.2) is 53.1 Å². The number of piperidine rings is 1. The number of rotatable bonds is 4. The highest BCUT2D eigenvalue weighted by Gasteiger charge is 2.29. The Morgan fingerprint density at radius 1 is 1.14 bits per heavy atom. The van der Waals surface area contributed by atoms with Crippen LogP contribution in [0.3, 0.4) is 0 Å². The maximum atomic E-state index is 12.7. The zero-order valence-corrected chi connectivity index (χ0v) is 17.3. The summed E-state index contributed by atoms with van der Waals surface area (Å²) in [4.78, 5) is 14.7. The van der Waals surface area contributed by atoms with E-state index in [0.29, 0.717) is 6.04 Å². The number of amides is 2. The van der Waals surface area contributed by atoms with Crippen molar-refractivity contribution >= 4 is 16.9 Å². The van der Waals surface area contributed by atoms with E-state index in [4.69, 9.17) is 9.84 Å². The van der Waals surface area contributed by atoms with Crippen molar-refractivity contribution in [3.63, 3.8) is 0 Å². The molecule has 2 saturated carbocycles. The number of nitrogens with zero attached hydrogens (tertiary/aromatic N) is 3. The predicted octanol–water partition coefficient (Wildman–Crippen LogP) is 4.22. The average molecular weight is 397 g/mol. The molecule has 6 heteroatoms. The van der Waals surface area contributed by atoms with E-state index in [0.717, 1.165) is 57.5 Å². The molecule has 29 heavy (non-hydrogen) atoms. The van der Waals surface area contributed by atoms with Crippen LogP contribution < -0.4 is 5.32 Å². The molecule has 2 atom stereocenters. The number of benzene rings is 1. The number of methoxy groups -OCH3 is 1. The lowest BCUT2D eigenvalue weighted by Crippen LogP contribution is -2.49. The van der Waals surface area contributed by atoms with E-state index in [2.05, 4.69) is 28.2 Å². The number of likely N-dealkylation sites (tertiary alicyclic amines) is 1. The first-order valence-electron chi connectivity index (χ1n) is 11.3. The number of carbonyl (C=O) groups is 1. The van der Waals surface area contributed by atoms with Crippen molar-refractivity contribution in [1.82, 2.24) is 20.0 Å². The maximum Gasteiger partial charge on any atom is 0.317 e. The van der Waals surface area contributed by atoms with Crippen LogP contribution in [0.1, 0.15) is 68.9 Å². The number of hydrogen-bond acceptors (Lipinski definition) is 3. The van der Waals surface area contributed by atoms with Gasteiger partial charge >= 0.3 is 6.03 Å². The Kier molecular flexibility index (Phi) is 5.20. The molecule has 1 saturated heterocycles. The number of fused-ring (bicyclic) bond motifs is 1. The lowest BCUT2D eigenvalue weighted by Gasteiger charge is -2.35. The molecule has 0 bridgehead atoms. The van der Waals surface area contributed by atoms with Gasteiger partial charge in [-0.3, -0.25) is 4.68 Å². The van der Waals surface area contributed by atoms with Gasteiger partial charge in [-0.05, 0) is 75.0 Å². The molecule has 1 aliphatic heterocycles. The summed E-state index contributed by atoms with van der Waals surface area (Å²) in [5.74, 6) is 0.771. The molecule has 1 N–H and O–H groups in total. The molecule has 2 amide bonds. The first-order valence-corrected chi connectivity index (χ1v) is 11.3. The Morgan fingerprint density at radius 3 is 2.72 bits per heavy atom. The van der Waals surface area contributed by atoms with Crippen LogP contribution in [0.4, 0.5) is 4.79 Å². The molecule has 156 valence electrons. The van der Waals surface area contributed by atoms with Gasteiger partial charge in [0.2, 0.25) is 0 Å². The zero-order chi connectivity index (χ0) is 19.8. The normalized spacial score (nSPS) is 26.0. The van der Waals surface area contributed by atoms with Gasteiger partial charge in [0.1, 0.15) is 0 Å². The highest BCUT2D eigenvalue weighted by Crippen LogP contribution is 2.41. The van der Waals surface area contributed by atoms with Gasteiger partial charge in [-0.1, -0.05) is 6.07 Å². The van der Waals surface area contributed by atoms with Gasteiger partial charge in [0.25, 0.3) is 0 Å². The van der Waals surface area contributed by atoms with E-state index in [1.807, 2.05) is 11.1 Å². The second-order valence-corrected chi connectivity index (χ2v) is 9.07. The summed E-state index contributed by atoms with van der Waals surface area (Å²) in [6.07, 6.45) is 11.1. The minimum atomic E-state index is 0.0876. The number of aromatic nitrogens is 2. The van der Waals surface area contributed by atoms with Crippen LogP contribution in [0.15, 0.2) is 24.4 Å². The van der Waals surface area contributed by atoms with Crippen molar-refractivity contribution in [1.29, 1.82) is 0 Å². The Balaban J connectivity index is 1.18. The standard InChI is InChI=1S/C23H32N4O2/c1-29-21-4-2-3-19(14-21)25-23(28)26-11-9-20(10-12-26)27-22-8-7-17(16-5-6-16)13-18(22)15-24-27/h7-8,13,15-16,19-21H,2-6,9-12,14H2,1H3,(H,25,28)/t19-,21-/m0/s1. The summed E-state index contributed by atoms with van der Waals surface area (Å²) in [6.45, 7) is 1.58. The molecule has 2 aliphatic carbocycles. The Morgan fingerprint density at radius 2 is 1.97 bits per heavy atom. The summed E-state index contributed by atoms with van der Waals surface area (Å²) in [5, 5.41) is 9.19. The van der Waals surface area contributed by atoms with Crippen LogP contribution in [0, 0.1) is 0 Å². The Hall–Kier alpha value is -2.08. The molecule has 2 aromatic rings. The number of ether oxygens (including phenoxy) is 1. The fraction of sp³-hybridized carbons (Fsp3) is 0.652. The molecule has 0 radical (unpaired) electrons. The van der Waals surface area contributed by atoms with Crippen molar-refractivity contribution in [2.75, 3.05) is 20.2 Å². The zero-order valence-electron chi connectivity index (χ0n) is 17.3. The molecule has 1 aromatic heterocycles. The summed E-state index contributed by atoms with van der Waals surface area (Å²) < 4.78 is 7.67. The number of hydrogen-bond donors (Lipinski definition) is 1. The van der Waals surface area contributed by atoms with Crippen LogP contribution in [0.5, 0.6) is 0 Å². The maximum absolute atomic E-state index is 12.7. The van der Waals surface area contributed by atoms with Crippen LogP contribution in [0.25, 0.3) is 10.9 Å². The first kappa shape index (κ1) is 18.9. The Labute approximate surface area is 172 Å². The Bertz CT molecular complexity index is 867. The van der Waals surface area contributed by atoms with Crippen LogP contribution >= 0.6 is 0 Å². The predicted molar refractivity (Wildman–Crippen MR) is 113 cm³/mol.